The number of aryl methyl sites for hydroxylation is 2. The van der Waals surface area contributed by atoms with Gasteiger partial charge in [0.15, 0.2) is 12.1 Å². The Bertz CT molecular complexity index is 600. The highest BCUT2D eigenvalue weighted by Gasteiger charge is 2.17. The predicted molar refractivity (Wildman–Crippen MR) is 73.4 cm³/mol. The van der Waals surface area contributed by atoms with Crippen LogP contribution >= 0.6 is 11.3 Å². The van der Waals surface area contributed by atoms with E-state index in [9.17, 15) is 4.79 Å². The minimum Gasteiger partial charge on any atom is -0.448 e. The van der Waals surface area contributed by atoms with Crippen LogP contribution < -0.4 is 5.32 Å². The first-order chi connectivity index (χ1) is 9.25. The van der Waals surface area contributed by atoms with Crippen molar-refractivity contribution in [2.45, 2.75) is 39.2 Å². The number of hydrogen-bond acceptors (Lipinski definition) is 4. The third-order valence-corrected chi connectivity index (χ3v) is 4.68. The number of rotatable bonds is 3. The lowest BCUT2D eigenvalue weighted by molar-refractivity contribution is 0.0945. The van der Waals surface area contributed by atoms with Crippen molar-refractivity contribution in [2.24, 2.45) is 0 Å². The molecule has 1 amide bonds. The molecule has 3 rings (SSSR count). The predicted octanol–water partition coefficient (Wildman–Crippen LogP) is 2.85. The zero-order valence-electron chi connectivity index (χ0n) is 10.9. The number of carbonyl (C=O) groups is 1. The lowest BCUT2D eigenvalue weighted by Crippen LogP contribution is -2.24. The van der Waals surface area contributed by atoms with Crippen LogP contribution in [-0.2, 0) is 19.4 Å². The lowest BCUT2D eigenvalue weighted by atomic mass is 9.96. The molecule has 0 aliphatic heterocycles. The van der Waals surface area contributed by atoms with Crippen LogP contribution in [-0.4, -0.2) is 10.9 Å². The van der Waals surface area contributed by atoms with Gasteiger partial charge in [-0.3, -0.25) is 4.79 Å². The van der Waals surface area contributed by atoms with E-state index in [-0.39, 0.29) is 5.91 Å². The van der Waals surface area contributed by atoms with Crippen LogP contribution in [0, 0.1) is 6.92 Å². The zero-order valence-corrected chi connectivity index (χ0v) is 11.7. The summed E-state index contributed by atoms with van der Waals surface area (Å²) < 4.78 is 5.04. The first-order valence-corrected chi connectivity index (χ1v) is 7.40. The fourth-order valence-corrected chi connectivity index (χ4v) is 3.64. The van der Waals surface area contributed by atoms with E-state index in [4.69, 9.17) is 4.42 Å². The Kier molecular flexibility index (Phi) is 3.38. The molecule has 5 heteroatoms. The molecule has 19 heavy (non-hydrogen) atoms. The Labute approximate surface area is 115 Å². The van der Waals surface area contributed by atoms with Gasteiger partial charge in [-0.1, -0.05) is 0 Å². The number of thiophene rings is 1. The van der Waals surface area contributed by atoms with Crippen molar-refractivity contribution in [3.05, 3.63) is 39.2 Å². The van der Waals surface area contributed by atoms with Gasteiger partial charge < -0.3 is 9.73 Å². The Morgan fingerprint density at radius 2 is 2.32 bits per heavy atom. The van der Waals surface area contributed by atoms with Crippen LogP contribution in [0.3, 0.4) is 0 Å². The highest BCUT2D eigenvalue weighted by molar-refractivity contribution is 7.10. The molecule has 0 saturated carbocycles. The molecule has 0 spiro atoms. The van der Waals surface area contributed by atoms with E-state index in [1.54, 1.807) is 6.92 Å². The van der Waals surface area contributed by atoms with Gasteiger partial charge in [0.2, 0.25) is 0 Å². The third-order valence-electron chi connectivity index (χ3n) is 3.55. The summed E-state index contributed by atoms with van der Waals surface area (Å²) in [7, 11) is 0. The molecule has 4 nitrogen and oxygen atoms in total. The summed E-state index contributed by atoms with van der Waals surface area (Å²) >= 11 is 1.82. The summed E-state index contributed by atoms with van der Waals surface area (Å²) in [5.41, 5.74) is 3.09. The number of nitrogens with one attached hydrogen (secondary N) is 1. The minimum atomic E-state index is -0.165. The molecule has 1 N–H and O–H groups in total. The molecule has 0 radical (unpaired) electrons. The summed E-state index contributed by atoms with van der Waals surface area (Å²) in [5, 5.41) is 5.10. The van der Waals surface area contributed by atoms with E-state index in [0.717, 1.165) is 6.42 Å². The number of fused-ring (bicyclic) bond motifs is 1. The van der Waals surface area contributed by atoms with Crippen molar-refractivity contribution in [1.29, 1.82) is 0 Å². The molecule has 1 aliphatic carbocycles. The van der Waals surface area contributed by atoms with Crippen LogP contribution in [0.2, 0.25) is 0 Å². The monoisotopic (exact) mass is 276 g/mol. The molecule has 2 heterocycles. The smallest absolute Gasteiger partial charge is 0.273 e. The van der Waals surface area contributed by atoms with Crippen molar-refractivity contribution < 1.29 is 9.21 Å². The molecule has 0 bridgehead atoms. The Balaban J connectivity index is 1.68. The SMILES string of the molecule is Cc1ocnc1C(=O)NCc1csc2c1CCCC2. The molecule has 0 atom stereocenters. The first-order valence-electron chi connectivity index (χ1n) is 6.52. The largest absolute Gasteiger partial charge is 0.448 e. The van der Waals surface area contributed by atoms with Crippen LogP contribution in [0.5, 0.6) is 0 Å². The van der Waals surface area contributed by atoms with E-state index < -0.39 is 0 Å². The first kappa shape index (κ1) is 12.4. The molecule has 0 unspecified atom stereocenters. The van der Waals surface area contributed by atoms with Gasteiger partial charge in [-0.2, -0.15) is 0 Å². The lowest BCUT2D eigenvalue weighted by Gasteiger charge is -2.13. The summed E-state index contributed by atoms with van der Waals surface area (Å²) in [4.78, 5) is 17.4. The number of amides is 1. The van der Waals surface area contributed by atoms with Crippen molar-refractivity contribution >= 4 is 17.2 Å². The standard InChI is InChI=1S/C14H16N2O2S/c1-9-13(16-8-18-9)14(17)15-6-10-7-19-12-5-3-2-4-11(10)12/h7-8H,2-6H2,1H3,(H,15,17). The summed E-state index contributed by atoms with van der Waals surface area (Å²) in [5.74, 6) is 0.395. The molecular formula is C14H16N2O2S. The second-order valence-electron chi connectivity index (χ2n) is 4.81. The second kappa shape index (κ2) is 5.17. The molecule has 0 aromatic carbocycles. The fourth-order valence-electron chi connectivity index (χ4n) is 2.49. The van der Waals surface area contributed by atoms with Gasteiger partial charge >= 0.3 is 0 Å². The van der Waals surface area contributed by atoms with Gasteiger partial charge in [-0.15, -0.1) is 11.3 Å². The normalized spacial score (nSPS) is 14.2. The maximum absolute atomic E-state index is 12.0. The van der Waals surface area contributed by atoms with Gasteiger partial charge in [-0.25, -0.2) is 4.98 Å². The maximum Gasteiger partial charge on any atom is 0.273 e. The second-order valence-corrected chi connectivity index (χ2v) is 5.77. The average molecular weight is 276 g/mol. The van der Waals surface area contributed by atoms with Crippen LogP contribution in [0.15, 0.2) is 16.2 Å². The van der Waals surface area contributed by atoms with E-state index in [1.165, 1.54) is 41.7 Å². The number of hydrogen-bond donors (Lipinski definition) is 1. The quantitative estimate of drug-likeness (QED) is 0.938. The topological polar surface area (TPSA) is 55.1 Å². The molecule has 0 saturated heterocycles. The van der Waals surface area contributed by atoms with Crippen molar-refractivity contribution in [2.75, 3.05) is 0 Å². The minimum absolute atomic E-state index is 0.165. The molecular weight excluding hydrogens is 260 g/mol. The third kappa shape index (κ3) is 2.42. The molecule has 100 valence electrons. The number of oxazole rings is 1. The zero-order chi connectivity index (χ0) is 13.2. The van der Waals surface area contributed by atoms with E-state index in [2.05, 4.69) is 15.7 Å². The highest BCUT2D eigenvalue weighted by atomic mass is 32.1. The molecule has 2 aromatic rings. The average Bonchev–Trinajstić information content (AvgIpc) is 3.02. The molecule has 1 aliphatic rings. The Hall–Kier alpha value is -1.62. The van der Waals surface area contributed by atoms with Crippen molar-refractivity contribution in [1.82, 2.24) is 10.3 Å². The van der Waals surface area contributed by atoms with E-state index in [0.29, 0.717) is 18.0 Å². The van der Waals surface area contributed by atoms with E-state index >= 15 is 0 Å². The van der Waals surface area contributed by atoms with Gasteiger partial charge in [0.1, 0.15) is 5.76 Å². The van der Waals surface area contributed by atoms with Gasteiger partial charge in [0.05, 0.1) is 0 Å². The van der Waals surface area contributed by atoms with Crippen LogP contribution in [0.4, 0.5) is 0 Å². The fraction of sp³-hybridized carbons (Fsp3) is 0.429. The molecule has 2 aromatic heterocycles. The maximum atomic E-state index is 12.0. The van der Waals surface area contributed by atoms with Gasteiger partial charge in [-0.05, 0) is 49.1 Å². The Morgan fingerprint density at radius 3 is 3.11 bits per heavy atom. The summed E-state index contributed by atoms with van der Waals surface area (Å²) in [6.07, 6.45) is 6.19. The van der Waals surface area contributed by atoms with Crippen molar-refractivity contribution in [3.8, 4) is 0 Å². The van der Waals surface area contributed by atoms with Crippen LogP contribution in [0.25, 0.3) is 0 Å². The summed E-state index contributed by atoms with van der Waals surface area (Å²) in [6, 6.07) is 0. The van der Waals surface area contributed by atoms with E-state index in [1.807, 2.05) is 11.3 Å². The van der Waals surface area contributed by atoms with Crippen LogP contribution in [0.1, 0.15) is 45.1 Å². The summed E-state index contributed by atoms with van der Waals surface area (Å²) in [6.45, 7) is 2.32. The number of carbonyl (C=O) groups excluding carboxylic acids is 1. The van der Waals surface area contributed by atoms with Gasteiger partial charge in [0, 0.05) is 11.4 Å². The number of aromatic nitrogens is 1. The highest BCUT2D eigenvalue weighted by Crippen LogP contribution is 2.30. The number of nitrogens with zero attached hydrogens (tertiary/aromatic N) is 1. The van der Waals surface area contributed by atoms with Crippen molar-refractivity contribution in [3.63, 3.8) is 0 Å². The molecule has 0 fully saturated rings. The van der Waals surface area contributed by atoms with Gasteiger partial charge in [0.25, 0.3) is 5.91 Å². The Morgan fingerprint density at radius 1 is 1.47 bits per heavy atom.